The molecule has 0 atom stereocenters. The number of aromatic nitrogens is 1. The highest BCUT2D eigenvalue weighted by atomic mass is 16.5. The van der Waals surface area contributed by atoms with Gasteiger partial charge in [0.25, 0.3) is 0 Å². The van der Waals surface area contributed by atoms with Crippen LogP contribution < -0.4 is 0 Å². The number of pyridine rings is 1. The molecule has 1 aromatic heterocycles. The molecule has 1 N–H and O–H groups in total. The molecule has 0 saturated carbocycles. The SMILES string of the molecule is CCOC(=O)CCC(=O)c1nc(-c2ccccc2CC)cc(C#N)c1O. The smallest absolute Gasteiger partial charge is 0.306 e. The number of benzene rings is 1. The molecule has 2 rings (SSSR count). The first-order valence-corrected chi connectivity index (χ1v) is 8.43. The van der Waals surface area contributed by atoms with Crippen LogP contribution in [0.4, 0.5) is 0 Å². The van der Waals surface area contributed by atoms with E-state index in [0.717, 1.165) is 17.5 Å². The molecule has 0 fully saturated rings. The van der Waals surface area contributed by atoms with E-state index in [-0.39, 0.29) is 30.7 Å². The van der Waals surface area contributed by atoms with Gasteiger partial charge in [0.05, 0.1) is 24.3 Å². The maximum Gasteiger partial charge on any atom is 0.306 e. The number of hydrogen-bond donors (Lipinski definition) is 1. The van der Waals surface area contributed by atoms with E-state index in [2.05, 4.69) is 4.98 Å². The van der Waals surface area contributed by atoms with Crippen molar-refractivity contribution >= 4 is 11.8 Å². The van der Waals surface area contributed by atoms with Crippen molar-refractivity contribution in [1.82, 2.24) is 4.98 Å². The van der Waals surface area contributed by atoms with Crippen LogP contribution in [-0.2, 0) is 16.0 Å². The number of nitriles is 1. The predicted octanol–water partition coefficient (Wildman–Crippen LogP) is 3.41. The van der Waals surface area contributed by atoms with Crippen molar-refractivity contribution < 1.29 is 19.4 Å². The molecule has 134 valence electrons. The highest BCUT2D eigenvalue weighted by Crippen LogP contribution is 2.29. The third-order valence-corrected chi connectivity index (χ3v) is 3.91. The zero-order chi connectivity index (χ0) is 19.1. The van der Waals surface area contributed by atoms with Gasteiger partial charge in [-0.15, -0.1) is 0 Å². The number of ketones is 1. The van der Waals surface area contributed by atoms with Crippen LogP contribution in [-0.4, -0.2) is 28.4 Å². The topological polar surface area (TPSA) is 100 Å². The van der Waals surface area contributed by atoms with Crippen molar-refractivity contribution in [3.05, 3.63) is 47.2 Å². The highest BCUT2D eigenvalue weighted by molar-refractivity contribution is 5.99. The Morgan fingerprint density at radius 2 is 1.96 bits per heavy atom. The number of hydrogen-bond acceptors (Lipinski definition) is 6. The van der Waals surface area contributed by atoms with E-state index >= 15 is 0 Å². The fraction of sp³-hybridized carbons (Fsp3) is 0.300. The van der Waals surface area contributed by atoms with E-state index in [1.54, 1.807) is 6.92 Å². The Morgan fingerprint density at radius 3 is 2.62 bits per heavy atom. The monoisotopic (exact) mass is 352 g/mol. The number of ether oxygens (including phenoxy) is 1. The summed E-state index contributed by atoms with van der Waals surface area (Å²) in [6.07, 6.45) is 0.501. The first kappa shape index (κ1) is 19.1. The normalized spacial score (nSPS) is 10.2. The largest absolute Gasteiger partial charge is 0.504 e. The summed E-state index contributed by atoms with van der Waals surface area (Å²) >= 11 is 0. The number of carbonyl (C=O) groups is 2. The van der Waals surface area contributed by atoms with Crippen LogP contribution in [0.5, 0.6) is 5.75 Å². The van der Waals surface area contributed by atoms with Gasteiger partial charge in [-0.1, -0.05) is 31.2 Å². The number of aryl methyl sites for hydroxylation is 1. The van der Waals surface area contributed by atoms with E-state index < -0.39 is 17.5 Å². The van der Waals surface area contributed by atoms with Gasteiger partial charge in [0.2, 0.25) is 0 Å². The third-order valence-electron chi connectivity index (χ3n) is 3.91. The molecular weight excluding hydrogens is 332 g/mol. The van der Waals surface area contributed by atoms with E-state index in [0.29, 0.717) is 5.69 Å². The summed E-state index contributed by atoms with van der Waals surface area (Å²) in [6, 6.07) is 10.9. The second-order valence-electron chi connectivity index (χ2n) is 5.60. The maximum atomic E-state index is 12.4. The lowest BCUT2D eigenvalue weighted by Crippen LogP contribution is -2.10. The summed E-state index contributed by atoms with van der Waals surface area (Å²) in [5.74, 6) is -1.46. The molecule has 0 amide bonds. The molecule has 26 heavy (non-hydrogen) atoms. The lowest BCUT2D eigenvalue weighted by molar-refractivity contribution is -0.143. The fourth-order valence-electron chi connectivity index (χ4n) is 2.60. The third kappa shape index (κ3) is 4.25. The van der Waals surface area contributed by atoms with Gasteiger partial charge in [0, 0.05) is 12.0 Å². The van der Waals surface area contributed by atoms with Crippen molar-refractivity contribution in [2.24, 2.45) is 0 Å². The first-order valence-electron chi connectivity index (χ1n) is 8.43. The molecular formula is C20H20N2O4. The van der Waals surface area contributed by atoms with Gasteiger partial charge in [-0.2, -0.15) is 5.26 Å². The van der Waals surface area contributed by atoms with Crippen LogP contribution in [0.2, 0.25) is 0 Å². The molecule has 0 aliphatic heterocycles. The van der Waals surface area contributed by atoms with Crippen molar-refractivity contribution in [1.29, 1.82) is 5.26 Å². The summed E-state index contributed by atoms with van der Waals surface area (Å²) in [6.45, 7) is 3.91. The molecule has 2 aromatic rings. The minimum Gasteiger partial charge on any atom is -0.504 e. The Bertz CT molecular complexity index is 869. The summed E-state index contributed by atoms with van der Waals surface area (Å²) in [4.78, 5) is 28.2. The van der Waals surface area contributed by atoms with Crippen LogP contribution >= 0.6 is 0 Å². The summed E-state index contributed by atoms with van der Waals surface area (Å²) < 4.78 is 4.80. The molecule has 0 radical (unpaired) electrons. The number of carbonyl (C=O) groups excluding carboxylic acids is 2. The Hall–Kier alpha value is -3.20. The Balaban J connectivity index is 2.42. The standard InChI is InChI=1S/C20H20N2O4/c1-3-13-7-5-6-8-15(13)16-11-14(12-21)20(25)19(22-16)17(23)9-10-18(24)26-4-2/h5-8,11,25H,3-4,9-10H2,1-2H3. The molecule has 0 aliphatic rings. The molecule has 1 aromatic carbocycles. The number of Topliss-reactive ketones (excluding diaryl/α,β-unsaturated/α-hetero) is 1. The van der Waals surface area contributed by atoms with Gasteiger partial charge in [-0.05, 0) is 25.0 Å². The minimum atomic E-state index is -0.511. The molecule has 6 nitrogen and oxygen atoms in total. The van der Waals surface area contributed by atoms with Gasteiger partial charge in [0.1, 0.15) is 11.8 Å². The van der Waals surface area contributed by atoms with Crippen LogP contribution in [0.3, 0.4) is 0 Å². The van der Waals surface area contributed by atoms with Crippen LogP contribution in [0.1, 0.15) is 48.3 Å². The van der Waals surface area contributed by atoms with Crippen molar-refractivity contribution in [2.75, 3.05) is 6.61 Å². The second kappa shape index (κ2) is 8.77. The molecule has 0 saturated heterocycles. The van der Waals surface area contributed by atoms with Crippen molar-refractivity contribution in [2.45, 2.75) is 33.1 Å². The van der Waals surface area contributed by atoms with Gasteiger partial charge in [-0.25, -0.2) is 4.98 Å². The Morgan fingerprint density at radius 1 is 1.23 bits per heavy atom. The van der Waals surface area contributed by atoms with Gasteiger partial charge in [0.15, 0.2) is 11.5 Å². The molecule has 6 heteroatoms. The zero-order valence-corrected chi connectivity index (χ0v) is 14.8. The van der Waals surface area contributed by atoms with E-state index in [1.807, 2.05) is 37.3 Å². The summed E-state index contributed by atoms with van der Waals surface area (Å²) in [5, 5.41) is 19.5. The second-order valence-corrected chi connectivity index (χ2v) is 5.60. The Kier molecular flexibility index (Phi) is 6.45. The van der Waals surface area contributed by atoms with Crippen molar-refractivity contribution in [3.63, 3.8) is 0 Å². The molecule has 0 aliphatic carbocycles. The Labute approximate surface area is 152 Å². The lowest BCUT2D eigenvalue weighted by Gasteiger charge is -2.11. The summed E-state index contributed by atoms with van der Waals surface area (Å²) in [5.41, 5.74) is 2.02. The maximum absolute atomic E-state index is 12.4. The number of aromatic hydroxyl groups is 1. The van der Waals surface area contributed by atoms with Gasteiger partial charge in [-0.3, -0.25) is 9.59 Å². The van der Waals surface area contributed by atoms with Crippen LogP contribution in [0.25, 0.3) is 11.3 Å². The minimum absolute atomic E-state index is 0.0274. The number of nitrogens with zero attached hydrogens (tertiary/aromatic N) is 2. The zero-order valence-electron chi connectivity index (χ0n) is 14.8. The summed E-state index contributed by atoms with van der Waals surface area (Å²) in [7, 11) is 0. The molecule has 0 spiro atoms. The van der Waals surface area contributed by atoms with Crippen molar-refractivity contribution in [3.8, 4) is 23.1 Å². The number of rotatable bonds is 7. The molecule has 0 unspecified atom stereocenters. The fourth-order valence-corrected chi connectivity index (χ4v) is 2.60. The number of esters is 1. The molecule has 0 bridgehead atoms. The van der Waals surface area contributed by atoms with Crippen LogP contribution in [0, 0.1) is 11.3 Å². The van der Waals surface area contributed by atoms with E-state index in [9.17, 15) is 20.0 Å². The van der Waals surface area contributed by atoms with E-state index in [4.69, 9.17) is 4.74 Å². The first-order chi connectivity index (χ1) is 12.5. The highest BCUT2D eigenvalue weighted by Gasteiger charge is 2.20. The lowest BCUT2D eigenvalue weighted by atomic mass is 9.99. The van der Waals surface area contributed by atoms with Crippen LogP contribution in [0.15, 0.2) is 30.3 Å². The predicted molar refractivity (Wildman–Crippen MR) is 95.6 cm³/mol. The van der Waals surface area contributed by atoms with Gasteiger partial charge >= 0.3 is 5.97 Å². The van der Waals surface area contributed by atoms with Gasteiger partial charge < -0.3 is 9.84 Å². The quantitative estimate of drug-likeness (QED) is 0.605. The molecule has 1 heterocycles. The average molecular weight is 352 g/mol. The van der Waals surface area contributed by atoms with E-state index in [1.165, 1.54) is 6.07 Å². The average Bonchev–Trinajstić information content (AvgIpc) is 2.66.